The van der Waals surface area contributed by atoms with Crippen LogP contribution in [0.15, 0.2) is 67.1 Å². The fourth-order valence-corrected chi connectivity index (χ4v) is 4.28. The van der Waals surface area contributed by atoms with Gasteiger partial charge in [0.15, 0.2) is 5.82 Å². The molecule has 2 aromatic carbocycles. The lowest BCUT2D eigenvalue weighted by Crippen LogP contribution is -2.08. The zero-order chi connectivity index (χ0) is 24.8. The third kappa shape index (κ3) is 3.70. The van der Waals surface area contributed by atoms with Crippen molar-refractivity contribution >= 4 is 27.6 Å². The predicted octanol–water partition coefficient (Wildman–Crippen LogP) is 5.44. The van der Waals surface area contributed by atoms with E-state index in [9.17, 15) is 4.39 Å². The van der Waals surface area contributed by atoms with E-state index in [0.717, 1.165) is 33.2 Å². The average molecular weight is 480 g/mol. The summed E-state index contributed by atoms with van der Waals surface area (Å²) in [5.74, 6) is 0.599. The Kier molecular flexibility index (Phi) is 5.10. The molecule has 6 rings (SSSR count). The molecular formula is C27H22FN7O. The highest BCUT2D eigenvalue weighted by atomic mass is 19.1. The summed E-state index contributed by atoms with van der Waals surface area (Å²) in [7, 11) is 5.48. The van der Waals surface area contributed by atoms with Gasteiger partial charge in [-0.2, -0.15) is 5.10 Å². The van der Waals surface area contributed by atoms with Crippen LogP contribution in [0.3, 0.4) is 0 Å². The Bertz CT molecular complexity index is 1740. The highest BCUT2D eigenvalue weighted by Gasteiger charge is 2.17. The van der Waals surface area contributed by atoms with E-state index < -0.39 is 5.82 Å². The molecule has 0 unspecified atom stereocenters. The van der Waals surface area contributed by atoms with E-state index in [1.165, 1.54) is 19.2 Å². The number of aromatic amines is 2. The Morgan fingerprint density at radius 2 is 1.78 bits per heavy atom. The minimum absolute atomic E-state index is 0.405. The number of anilines is 1. The molecule has 2 N–H and O–H groups in total. The maximum atomic E-state index is 14.2. The lowest BCUT2D eigenvalue weighted by molar-refractivity contribution is 0.411. The fourth-order valence-electron chi connectivity index (χ4n) is 4.28. The summed E-state index contributed by atoms with van der Waals surface area (Å²) in [6.45, 7) is 0. The number of nitrogens with zero attached hydrogens (tertiary/aromatic N) is 5. The molecule has 0 aliphatic rings. The molecule has 0 atom stereocenters. The number of nitrogens with one attached hydrogen (secondary N) is 2. The standard InChI is InChI=1S/C27H22FN7O/c1-35(2)19-9-17(13-29-14-19)15-4-5-22-21(11-15)25(34-33-22)27-31-23-6-7-30-24(26(23)32-27)16-8-18(28)12-20(10-16)36-3/h4-14H,1-3H3,(H,31,32)(H,33,34). The summed E-state index contributed by atoms with van der Waals surface area (Å²) in [5, 5.41) is 8.55. The average Bonchev–Trinajstić information content (AvgIpc) is 3.51. The number of fused-ring (bicyclic) bond motifs is 2. The van der Waals surface area contributed by atoms with Gasteiger partial charge >= 0.3 is 0 Å². The first-order valence-corrected chi connectivity index (χ1v) is 11.3. The van der Waals surface area contributed by atoms with Crippen LogP contribution in [0.2, 0.25) is 0 Å². The number of hydrogen-bond acceptors (Lipinski definition) is 6. The molecular weight excluding hydrogens is 457 g/mol. The number of hydrogen-bond donors (Lipinski definition) is 2. The Hall–Kier alpha value is -4.79. The van der Waals surface area contributed by atoms with Crippen molar-refractivity contribution in [3.63, 3.8) is 0 Å². The predicted molar refractivity (Wildman–Crippen MR) is 138 cm³/mol. The molecule has 4 aromatic heterocycles. The van der Waals surface area contributed by atoms with Crippen LogP contribution in [0.4, 0.5) is 10.1 Å². The molecule has 4 heterocycles. The maximum Gasteiger partial charge on any atom is 0.159 e. The molecule has 0 aliphatic heterocycles. The molecule has 0 saturated heterocycles. The molecule has 6 aromatic rings. The van der Waals surface area contributed by atoms with Crippen LogP contribution in [-0.4, -0.2) is 51.3 Å². The van der Waals surface area contributed by atoms with E-state index in [2.05, 4.69) is 37.3 Å². The van der Waals surface area contributed by atoms with Gasteiger partial charge in [0.25, 0.3) is 0 Å². The number of H-pyrrole nitrogens is 2. The highest BCUT2D eigenvalue weighted by Crippen LogP contribution is 2.33. The molecule has 0 amide bonds. The van der Waals surface area contributed by atoms with Crippen molar-refractivity contribution in [1.29, 1.82) is 0 Å². The molecule has 0 bridgehead atoms. The Morgan fingerprint density at radius 1 is 0.889 bits per heavy atom. The van der Waals surface area contributed by atoms with E-state index >= 15 is 0 Å². The van der Waals surface area contributed by atoms with Gasteiger partial charge in [-0.05, 0) is 42.0 Å². The third-order valence-electron chi connectivity index (χ3n) is 6.14. The van der Waals surface area contributed by atoms with Crippen molar-refractivity contribution in [3.05, 3.63) is 72.9 Å². The number of rotatable bonds is 5. The zero-order valence-corrected chi connectivity index (χ0v) is 19.9. The zero-order valence-electron chi connectivity index (χ0n) is 19.9. The van der Waals surface area contributed by atoms with Crippen molar-refractivity contribution in [2.45, 2.75) is 0 Å². The summed E-state index contributed by atoms with van der Waals surface area (Å²) in [6.07, 6.45) is 5.35. The van der Waals surface area contributed by atoms with Crippen LogP contribution in [0.5, 0.6) is 5.75 Å². The molecule has 0 aliphatic carbocycles. The largest absolute Gasteiger partial charge is 0.497 e. The molecule has 8 nitrogen and oxygen atoms in total. The van der Waals surface area contributed by atoms with E-state index in [-0.39, 0.29) is 0 Å². The summed E-state index contributed by atoms with van der Waals surface area (Å²) in [6, 6.07) is 14.5. The van der Waals surface area contributed by atoms with Gasteiger partial charge in [0, 0.05) is 49.1 Å². The topological polar surface area (TPSA) is 95.6 Å². The quantitative estimate of drug-likeness (QED) is 0.342. The fraction of sp³-hybridized carbons (Fsp3) is 0.111. The maximum absolute atomic E-state index is 14.2. The number of methoxy groups -OCH3 is 1. The second-order valence-electron chi connectivity index (χ2n) is 8.68. The second-order valence-corrected chi connectivity index (χ2v) is 8.68. The van der Waals surface area contributed by atoms with E-state index in [4.69, 9.17) is 9.72 Å². The van der Waals surface area contributed by atoms with Crippen LogP contribution < -0.4 is 9.64 Å². The number of pyridine rings is 2. The minimum atomic E-state index is -0.405. The van der Waals surface area contributed by atoms with Crippen LogP contribution in [-0.2, 0) is 0 Å². The lowest BCUT2D eigenvalue weighted by Gasteiger charge is -2.13. The van der Waals surface area contributed by atoms with Gasteiger partial charge in [-0.3, -0.25) is 15.1 Å². The van der Waals surface area contributed by atoms with Crippen LogP contribution in [0, 0.1) is 5.82 Å². The van der Waals surface area contributed by atoms with Gasteiger partial charge in [0.05, 0.1) is 35.7 Å². The number of halogens is 1. The molecule has 0 radical (unpaired) electrons. The number of imidazole rings is 1. The molecule has 0 fully saturated rings. The van der Waals surface area contributed by atoms with E-state index in [1.54, 1.807) is 12.3 Å². The summed E-state index contributed by atoms with van der Waals surface area (Å²) >= 11 is 0. The Balaban J connectivity index is 1.47. The Morgan fingerprint density at radius 3 is 2.61 bits per heavy atom. The SMILES string of the molecule is COc1cc(F)cc(-c2nccc3[nH]c(-c4n[nH]c5ccc(-c6cncc(N(C)C)c6)cc45)nc23)c1. The first-order valence-electron chi connectivity index (χ1n) is 11.3. The van der Waals surface area contributed by atoms with Crippen molar-refractivity contribution in [1.82, 2.24) is 30.1 Å². The van der Waals surface area contributed by atoms with Gasteiger partial charge in [0.2, 0.25) is 0 Å². The molecule has 9 heteroatoms. The Labute approximate surface area is 205 Å². The van der Waals surface area contributed by atoms with Gasteiger partial charge < -0.3 is 14.6 Å². The minimum Gasteiger partial charge on any atom is -0.497 e. The first kappa shape index (κ1) is 21.7. The summed E-state index contributed by atoms with van der Waals surface area (Å²) < 4.78 is 19.4. The molecule has 0 spiro atoms. The molecule has 178 valence electrons. The van der Waals surface area contributed by atoms with Gasteiger partial charge in [0.1, 0.15) is 22.8 Å². The van der Waals surface area contributed by atoms with Crippen molar-refractivity contribution in [2.24, 2.45) is 0 Å². The van der Waals surface area contributed by atoms with Crippen LogP contribution >= 0.6 is 0 Å². The number of aromatic nitrogens is 6. The van der Waals surface area contributed by atoms with Gasteiger partial charge in [-0.25, -0.2) is 9.37 Å². The highest BCUT2D eigenvalue weighted by molar-refractivity contribution is 5.97. The third-order valence-corrected chi connectivity index (χ3v) is 6.14. The molecule has 36 heavy (non-hydrogen) atoms. The van der Waals surface area contributed by atoms with E-state index in [0.29, 0.717) is 34.0 Å². The van der Waals surface area contributed by atoms with Gasteiger partial charge in [-0.15, -0.1) is 0 Å². The molecule has 0 saturated carbocycles. The van der Waals surface area contributed by atoms with Crippen LogP contribution in [0.1, 0.15) is 0 Å². The van der Waals surface area contributed by atoms with Crippen molar-refractivity contribution in [3.8, 4) is 39.7 Å². The summed E-state index contributed by atoms with van der Waals surface area (Å²) in [4.78, 5) is 19.1. The smallest absolute Gasteiger partial charge is 0.159 e. The first-order chi connectivity index (χ1) is 17.5. The summed E-state index contributed by atoms with van der Waals surface area (Å²) in [5.41, 5.74) is 7.15. The normalized spacial score (nSPS) is 11.3. The monoisotopic (exact) mass is 479 g/mol. The van der Waals surface area contributed by atoms with Crippen molar-refractivity contribution < 1.29 is 9.13 Å². The van der Waals surface area contributed by atoms with Crippen molar-refractivity contribution in [2.75, 3.05) is 26.1 Å². The van der Waals surface area contributed by atoms with Gasteiger partial charge in [-0.1, -0.05) is 6.07 Å². The van der Waals surface area contributed by atoms with Crippen LogP contribution in [0.25, 0.3) is 55.8 Å². The van der Waals surface area contributed by atoms with E-state index in [1.807, 2.05) is 49.6 Å². The number of benzene rings is 2. The lowest BCUT2D eigenvalue weighted by atomic mass is 10.0. The second kappa shape index (κ2) is 8.46. The number of ether oxygens (including phenoxy) is 1.